The number of esters is 1. The van der Waals surface area contributed by atoms with Gasteiger partial charge in [0, 0.05) is 6.54 Å². The Bertz CT molecular complexity index is 338. The number of hydrogen-bond donors (Lipinski definition) is 1. The van der Waals surface area contributed by atoms with Gasteiger partial charge >= 0.3 is 5.97 Å². The second kappa shape index (κ2) is 8.70. The molecule has 0 saturated carbocycles. The number of rotatable bonds is 8. The van der Waals surface area contributed by atoms with Gasteiger partial charge in [0.2, 0.25) is 0 Å². The molecule has 0 fully saturated rings. The van der Waals surface area contributed by atoms with Crippen molar-refractivity contribution >= 4 is 5.97 Å². The molecule has 1 rings (SSSR count). The van der Waals surface area contributed by atoms with Crippen molar-refractivity contribution in [1.29, 1.82) is 0 Å². The molecule has 18 heavy (non-hydrogen) atoms. The van der Waals surface area contributed by atoms with E-state index >= 15 is 0 Å². The summed E-state index contributed by atoms with van der Waals surface area (Å²) in [5, 5.41) is 3.32. The first-order chi connectivity index (χ1) is 8.77. The van der Waals surface area contributed by atoms with Crippen LogP contribution >= 0.6 is 0 Å². The van der Waals surface area contributed by atoms with Gasteiger partial charge in [0.05, 0.1) is 12.5 Å². The third-order valence-electron chi connectivity index (χ3n) is 2.94. The van der Waals surface area contributed by atoms with Gasteiger partial charge in [-0.2, -0.15) is 0 Å². The summed E-state index contributed by atoms with van der Waals surface area (Å²) < 4.78 is 5.03. The predicted octanol–water partition coefficient (Wildman–Crippen LogP) is 2.41. The van der Waals surface area contributed by atoms with Crippen molar-refractivity contribution in [1.82, 2.24) is 5.32 Å². The second-order valence-corrected chi connectivity index (χ2v) is 4.30. The smallest absolute Gasteiger partial charge is 0.310 e. The summed E-state index contributed by atoms with van der Waals surface area (Å²) in [4.78, 5) is 11.6. The van der Waals surface area contributed by atoms with Gasteiger partial charge in [0.25, 0.3) is 0 Å². The van der Waals surface area contributed by atoms with Crippen LogP contribution in [0, 0.1) is 5.92 Å². The van der Waals surface area contributed by atoms with E-state index in [4.69, 9.17) is 4.74 Å². The minimum Gasteiger partial charge on any atom is -0.466 e. The fourth-order valence-corrected chi connectivity index (χ4v) is 1.81. The standard InChI is InChI=1S/C15H23NO2/c1-3-14(15(17)18-4-2)12-16-11-10-13-8-6-5-7-9-13/h5-9,14,16H,3-4,10-12H2,1-2H3/t14-/m0/s1. The normalized spacial score (nSPS) is 12.1. The van der Waals surface area contributed by atoms with Crippen LogP contribution in [-0.2, 0) is 16.0 Å². The maximum absolute atomic E-state index is 11.6. The molecule has 1 N–H and O–H groups in total. The quantitative estimate of drug-likeness (QED) is 0.568. The molecule has 3 nitrogen and oxygen atoms in total. The molecule has 1 aromatic carbocycles. The van der Waals surface area contributed by atoms with Crippen LogP contribution in [-0.4, -0.2) is 25.7 Å². The average molecular weight is 249 g/mol. The SMILES string of the molecule is CCOC(=O)[C@@H](CC)CNCCc1ccccc1. The maximum atomic E-state index is 11.6. The Balaban J connectivity index is 2.21. The van der Waals surface area contributed by atoms with E-state index in [9.17, 15) is 4.79 Å². The molecular weight excluding hydrogens is 226 g/mol. The zero-order valence-electron chi connectivity index (χ0n) is 11.3. The van der Waals surface area contributed by atoms with Crippen LogP contribution in [0.5, 0.6) is 0 Å². The first-order valence-corrected chi connectivity index (χ1v) is 6.69. The zero-order valence-corrected chi connectivity index (χ0v) is 11.3. The third-order valence-corrected chi connectivity index (χ3v) is 2.94. The van der Waals surface area contributed by atoms with Gasteiger partial charge in [-0.05, 0) is 31.9 Å². The summed E-state index contributed by atoms with van der Waals surface area (Å²) in [5.41, 5.74) is 1.31. The molecule has 0 unspecified atom stereocenters. The summed E-state index contributed by atoms with van der Waals surface area (Å²) in [6.07, 6.45) is 1.80. The predicted molar refractivity (Wildman–Crippen MR) is 73.4 cm³/mol. The monoisotopic (exact) mass is 249 g/mol. The van der Waals surface area contributed by atoms with Gasteiger partial charge in [-0.1, -0.05) is 37.3 Å². The number of carbonyl (C=O) groups is 1. The molecule has 3 heteroatoms. The van der Waals surface area contributed by atoms with Crippen molar-refractivity contribution in [3.8, 4) is 0 Å². The Kier molecular flexibility index (Phi) is 7.11. The van der Waals surface area contributed by atoms with E-state index in [1.54, 1.807) is 0 Å². The van der Waals surface area contributed by atoms with Crippen LogP contribution in [0.25, 0.3) is 0 Å². The Morgan fingerprint density at radius 1 is 1.28 bits per heavy atom. The molecular formula is C15H23NO2. The first kappa shape index (κ1) is 14.7. The lowest BCUT2D eigenvalue weighted by Crippen LogP contribution is -2.30. The number of benzene rings is 1. The highest BCUT2D eigenvalue weighted by molar-refractivity contribution is 5.72. The number of ether oxygens (including phenoxy) is 1. The minimum atomic E-state index is -0.0905. The van der Waals surface area contributed by atoms with Gasteiger partial charge in [-0.15, -0.1) is 0 Å². The molecule has 0 amide bonds. The molecule has 0 saturated heterocycles. The van der Waals surface area contributed by atoms with E-state index in [-0.39, 0.29) is 11.9 Å². The van der Waals surface area contributed by atoms with E-state index in [0.717, 1.165) is 19.4 Å². The second-order valence-electron chi connectivity index (χ2n) is 4.30. The molecule has 1 aromatic rings. The fourth-order valence-electron chi connectivity index (χ4n) is 1.81. The van der Waals surface area contributed by atoms with Crippen molar-refractivity contribution in [3.63, 3.8) is 0 Å². The molecule has 0 aromatic heterocycles. The van der Waals surface area contributed by atoms with Gasteiger partial charge in [-0.25, -0.2) is 0 Å². The van der Waals surface area contributed by atoms with Crippen LogP contribution in [0.1, 0.15) is 25.8 Å². The van der Waals surface area contributed by atoms with Crippen LogP contribution in [0.3, 0.4) is 0 Å². The van der Waals surface area contributed by atoms with Gasteiger partial charge < -0.3 is 10.1 Å². The van der Waals surface area contributed by atoms with Gasteiger partial charge in [-0.3, -0.25) is 4.79 Å². The Hall–Kier alpha value is -1.35. The molecule has 0 bridgehead atoms. The summed E-state index contributed by atoms with van der Waals surface area (Å²) in [7, 11) is 0. The molecule has 100 valence electrons. The van der Waals surface area contributed by atoms with Crippen LogP contribution in [0.15, 0.2) is 30.3 Å². The third kappa shape index (κ3) is 5.32. The Morgan fingerprint density at radius 2 is 2.00 bits per heavy atom. The van der Waals surface area contributed by atoms with E-state index in [2.05, 4.69) is 17.4 Å². The topological polar surface area (TPSA) is 38.3 Å². The number of hydrogen-bond acceptors (Lipinski definition) is 3. The summed E-state index contributed by atoms with van der Waals surface area (Å²) in [6, 6.07) is 10.3. The van der Waals surface area contributed by atoms with Crippen molar-refractivity contribution in [3.05, 3.63) is 35.9 Å². The van der Waals surface area contributed by atoms with E-state index < -0.39 is 0 Å². The van der Waals surface area contributed by atoms with Crippen molar-refractivity contribution in [2.24, 2.45) is 5.92 Å². The molecule has 0 heterocycles. The molecule has 0 aliphatic carbocycles. The van der Waals surface area contributed by atoms with Crippen LogP contribution < -0.4 is 5.32 Å². The van der Waals surface area contributed by atoms with Crippen LogP contribution in [0.2, 0.25) is 0 Å². The zero-order chi connectivity index (χ0) is 13.2. The molecule has 0 aliphatic rings. The van der Waals surface area contributed by atoms with Gasteiger partial charge in [0.1, 0.15) is 0 Å². The van der Waals surface area contributed by atoms with Crippen LogP contribution in [0.4, 0.5) is 0 Å². The largest absolute Gasteiger partial charge is 0.466 e. The summed E-state index contributed by atoms with van der Waals surface area (Å²) in [6.45, 7) is 5.90. The highest BCUT2D eigenvalue weighted by Gasteiger charge is 2.16. The van der Waals surface area contributed by atoms with Gasteiger partial charge in [0.15, 0.2) is 0 Å². The fraction of sp³-hybridized carbons (Fsp3) is 0.533. The Morgan fingerprint density at radius 3 is 2.61 bits per heavy atom. The molecule has 0 spiro atoms. The van der Waals surface area contributed by atoms with Crippen molar-refractivity contribution < 1.29 is 9.53 Å². The van der Waals surface area contributed by atoms with E-state index in [0.29, 0.717) is 13.2 Å². The summed E-state index contributed by atoms with van der Waals surface area (Å²) >= 11 is 0. The average Bonchev–Trinajstić information content (AvgIpc) is 2.40. The number of carbonyl (C=O) groups excluding carboxylic acids is 1. The molecule has 0 radical (unpaired) electrons. The highest BCUT2D eigenvalue weighted by atomic mass is 16.5. The maximum Gasteiger partial charge on any atom is 0.310 e. The minimum absolute atomic E-state index is 0.0271. The number of nitrogens with one attached hydrogen (secondary N) is 1. The lowest BCUT2D eigenvalue weighted by atomic mass is 10.1. The lowest BCUT2D eigenvalue weighted by Gasteiger charge is -2.14. The van der Waals surface area contributed by atoms with E-state index in [1.807, 2.05) is 32.0 Å². The van der Waals surface area contributed by atoms with Crippen molar-refractivity contribution in [2.75, 3.05) is 19.7 Å². The van der Waals surface area contributed by atoms with Crippen molar-refractivity contribution in [2.45, 2.75) is 26.7 Å². The molecule has 1 atom stereocenters. The van der Waals surface area contributed by atoms with E-state index in [1.165, 1.54) is 5.56 Å². The molecule has 0 aliphatic heterocycles. The lowest BCUT2D eigenvalue weighted by molar-refractivity contribution is -0.147. The first-order valence-electron chi connectivity index (χ1n) is 6.69. The highest BCUT2D eigenvalue weighted by Crippen LogP contribution is 2.04. The summed E-state index contributed by atoms with van der Waals surface area (Å²) in [5.74, 6) is -0.118. The Labute approximate surface area is 110 Å².